The molecule has 0 unspecified atom stereocenters. The number of hydrogen-bond donors (Lipinski definition) is 1. The van der Waals surface area contributed by atoms with Gasteiger partial charge >= 0.3 is 0 Å². The van der Waals surface area contributed by atoms with Gasteiger partial charge in [-0.15, -0.1) is 0 Å². The zero-order valence-electron chi connectivity index (χ0n) is 19.4. The number of aryl methyl sites for hydroxylation is 2. The van der Waals surface area contributed by atoms with Crippen LogP contribution in [0.25, 0.3) is 11.0 Å². The third-order valence-electron chi connectivity index (χ3n) is 6.35. The van der Waals surface area contributed by atoms with Gasteiger partial charge in [-0.05, 0) is 45.8 Å². The van der Waals surface area contributed by atoms with Crippen LogP contribution in [0.2, 0.25) is 5.15 Å². The zero-order chi connectivity index (χ0) is 22.8. The summed E-state index contributed by atoms with van der Waals surface area (Å²) in [6.07, 6.45) is 5.94. The van der Waals surface area contributed by atoms with E-state index in [1.165, 1.54) is 0 Å². The minimum atomic E-state index is 0.178. The first-order valence-corrected chi connectivity index (χ1v) is 11.5. The molecule has 3 aromatic heterocycles. The fraction of sp³-hybridized carbons (Fsp3) is 0.522. The molecule has 1 fully saturated rings. The van der Waals surface area contributed by atoms with Crippen molar-refractivity contribution < 1.29 is 4.74 Å². The molecule has 32 heavy (non-hydrogen) atoms. The Bertz CT molecular complexity index is 1110. The lowest BCUT2D eigenvalue weighted by molar-refractivity contribution is 0.153. The molecule has 0 amide bonds. The number of pyridine rings is 1. The van der Waals surface area contributed by atoms with Gasteiger partial charge in [0.2, 0.25) is 5.95 Å². The molecule has 0 radical (unpaired) electrons. The second kappa shape index (κ2) is 9.60. The summed E-state index contributed by atoms with van der Waals surface area (Å²) in [5.74, 6) is 1.04. The maximum absolute atomic E-state index is 6.53. The fourth-order valence-corrected chi connectivity index (χ4v) is 4.79. The predicted molar refractivity (Wildman–Crippen MR) is 129 cm³/mol. The number of methoxy groups -OCH3 is 1. The molecular weight excluding hydrogens is 426 g/mol. The highest BCUT2D eigenvalue weighted by Gasteiger charge is 2.19. The Morgan fingerprint density at radius 1 is 1.16 bits per heavy atom. The van der Waals surface area contributed by atoms with E-state index in [4.69, 9.17) is 22.1 Å². The van der Waals surface area contributed by atoms with Crippen LogP contribution in [0, 0.1) is 13.8 Å². The number of fused-ring (bicyclic) bond motifs is 1. The third-order valence-corrected chi connectivity index (χ3v) is 6.63. The van der Waals surface area contributed by atoms with E-state index in [1.807, 2.05) is 20.0 Å². The van der Waals surface area contributed by atoms with E-state index in [0.717, 1.165) is 84.7 Å². The smallest absolute Gasteiger partial charge is 0.223 e. The van der Waals surface area contributed by atoms with Gasteiger partial charge in [-0.1, -0.05) is 11.6 Å². The molecule has 4 heterocycles. The highest BCUT2D eigenvalue weighted by atomic mass is 35.5. The van der Waals surface area contributed by atoms with Crippen molar-refractivity contribution in [1.82, 2.24) is 29.3 Å². The minimum Gasteiger partial charge on any atom is -0.496 e. The van der Waals surface area contributed by atoms with Gasteiger partial charge < -0.3 is 24.8 Å². The SMILES string of the molecule is COc1c(C)cnc(Cn2cc(CCCN3CCN(C)CC3)c3c(Cl)nc(N)nc32)c1C. The zero-order valence-corrected chi connectivity index (χ0v) is 20.1. The summed E-state index contributed by atoms with van der Waals surface area (Å²) in [6.45, 7) is 10.2. The normalized spacial score (nSPS) is 15.5. The number of nitrogens with zero attached hydrogens (tertiary/aromatic N) is 6. The highest BCUT2D eigenvalue weighted by Crippen LogP contribution is 2.30. The third kappa shape index (κ3) is 4.67. The van der Waals surface area contributed by atoms with Crippen LogP contribution in [0.1, 0.15) is 28.8 Å². The molecular formula is C23H32ClN7O. The Morgan fingerprint density at radius 2 is 1.91 bits per heavy atom. The molecule has 1 aliphatic heterocycles. The van der Waals surface area contributed by atoms with E-state index >= 15 is 0 Å². The van der Waals surface area contributed by atoms with Crippen molar-refractivity contribution in [3.63, 3.8) is 0 Å². The van der Waals surface area contributed by atoms with E-state index in [9.17, 15) is 0 Å². The summed E-state index contributed by atoms with van der Waals surface area (Å²) < 4.78 is 7.66. The summed E-state index contributed by atoms with van der Waals surface area (Å²) in [4.78, 5) is 18.3. The van der Waals surface area contributed by atoms with Crippen LogP contribution in [0.3, 0.4) is 0 Å². The van der Waals surface area contributed by atoms with Crippen molar-refractivity contribution in [1.29, 1.82) is 0 Å². The summed E-state index contributed by atoms with van der Waals surface area (Å²) in [5.41, 5.74) is 10.8. The average molecular weight is 458 g/mol. The number of nitrogens with two attached hydrogens (primary N) is 1. The molecule has 1 aliphatic rings. The molecule has 8 nitrogen and oxygen atoms in total. The maximum Gasteiger partial charge on any atom is 0.223 e. The number of piperazine rings is 1. The second-order valence-electron chi connectivity index (χ2n) is 8.65. The standard InChI is InChI=1S/C23H32ClN7O/c1-15-12-26-18(16(2)20(15)32-4)14-31-13-17(19-21(24)27-23(25)28-22(19)31)6-5-7-30-10-8-29(3)9-11-30/h12-13H,5-11,14H2,1-4H3,(H2,25,27,28). The van der Waals surface area contributed by atoms with Gasteiger partial charge in [0.1, 0.15) is 16.5 Å². The van der Waals surface area contributed by atoms with Crippen LogP contribution in [0.5, 0.6) is 5.75 Å². The van der Waals surface area contributed by atoms with E-state index in [0.29, 0.717) is 11.7 Å². The molecule has 0 atom stereocenters. The van der Waals surface area contributed by atoms with Gasteiger partial charge in [-0.3, -0.25) is 4.98 Å². The number of ether oxygens (including phenoxy) is 1. The van der Waals surface area contributed by atoms with Crippen LogP contribution in [-0.2, 0) is 13.0 Å². The van der Waals surface area contributed by atoms with Crippen molar-refractivity contribution in [3.05, 3.63) is 39.9 Å². The van der Waals surface area contributed by atoms with Crippen LogP contribution in [-0.4, -0.2) is 76.2 Å². The van der Waals surface area contributed by atoms with Crippen LogP contribution < -0.4 is 10.5 Å². The van der Waals surface area contributed by atoms with Crippen LogP contribution >= 0.6 is 11.6 Å². The number of nitrogen functional groups attached to an aromatic ring is 1. The fourth-order valence-electron chi connectivity index (χ4n) is 4.50. The number of anilines is 1. The first-order chi connectivity index (χ1) is 15.4. The van der Waals surface area contributed by atoms with E-state index in [2.05, 4.69) is 42.6 Å². The molecule has 1 saturated heterocycles. The van der Waals surface area contributed by atoms with Gasteiger partial charge in [0.15, 0.2) is 0 Å². The lowest BCUT2D eigenvalue weighted by atomic mass is 10.1. The Morgan fingerprint density at radius 3 is 2.62 bits per heavy atom. The molecule has 4 rings (SSSR count). The van der Waals surface area contributed by atoms with Crippen molar-refractivity contribution in [2.45, 2.75) is 33.2 Å². The number of halogens is 1. The predicted octanol–water partition coefficient (Wildman–Crippen LogP) is 2.92. The molecule has 0 saturated carbocycles. The molecule has 0 aliphatic carbocycles. The molecule has 9 heteroatoms. The summed E-state index contributed by atoms with van der Waals surface area (Å²) in [7, 11) is 3.87. The van der Waals surface area contributed by atoms with E-state index in [1.54, 1.807) is 7.11 Å². The number of likely N-dealkylation sites (N-methyl/N-ethyl adjacent to an activating group) is 1. The van der Waals surface area contributed by atoms with Gasteiger partial charge in [0.25, 0.3) is 0 Å². The number of rotatable bonds is 7. The topological polar surface area (TPSA) is 85.3 Å². The van der Waals surface area contributed by atoms with Crippen molar-refractivity contribution in [2.24, 2.45) is 0 Å². The lowest BCUT2D eigenvalue weighted by Gasteiger charge is -2.32. The van der Waals surface area contributed by atoms with Gasteiger partial charge in [0, 0.05) is 49.7 Å². The van der Waals surface area contributed by atoms with Gasteiger partial charge in [0.05, 0.1) is 24.7 Å². The van der Waals surface area contributed by atoms with Gasteiger partial charge in [-0.2, -0.15) is 4.98 Å². The van der Waals surface area contributed by atoms with E-state index < -0.39 is 0 Å². The maximum atomic E-state index is 6.53. The first-order valence-electron chi connectivity index (χ1n) is 11.1. The Kier molecular flexibility index (Phi) is 6.83. The largest absolute Gasteiger partial charge is 0.496 e. The molecule has 0 bridgehead atoms. The number of hydrogen-bond acceptors (Lipinski definition) is 7. The molecule has 2 N–H and O–H groups in total. The molecule has 0 spiro atoms. The van der Waals surface area contributed by atoms with Crippen molar-refractivity contribution in [3.8, 4) is 5.75 Å². The highest BCUT2D eigenvalue weighted by molar-refractivity contribution is 6.34. The van der Waals surface area contributed by atoms with Crippen molar-refractivity contribution >= 4 is 28.6 Å². The molecule has 0 aromatic carbocycles. The Labute approximate surface area is 194 Å². The molecule has 3 aromatic rings. The van der Waals surface area contributed by atoms with Crippen LogP contribution in [0.4, 0.5) is 5.95 Å². The average Bonchev–Trinajstić information content (AvgIpc) is 3.09. The quantitative estimate of drug-likeness (QED) is 0.546. The second-order valence-corrected chi connectivity index (χ2v) is 9.01. The summed E-state index contributed by atoms with van der Waals surface area (Å²) >= 11 is 6.53. The minimum absolute atomic E-state index is 0.178. The number of aromatic nitrogens is 4. The first kappa shape index (κ1) is 22.8. The summed E-state index contributed by atoms with van der Waals surface area (Å²) in [5, 5.41) is 1.29. The van der Waals surface area contributed by atoms with Gasteiger partial charge in [-0.25, -0.2) is 4.98 Å². The van der Waals surface area contributed by atoms with Crippen LogP contribution in [0.15, 0.2) is 12.4 Å². The summed E-state index contributed by atoms with van der Waals surface area (Å²) in [6, 6.07) is 0. The molecule has 172 valence electrons. The van der Waals surface area contributed by atoms with Crippen molar-refractivity contribution in [2.75, 3.05) is 52.6 Å². The lowest BCUT2D eigenvalue weighted by Crippen LogP contribution is -2.44. The Balaban J connectivity index is 1.60. The Hall–Kier alpha value is -2.42. The van der Waals surface area contributed by atoms with E-state index in [-0.39, 0.29) is 5.95 Å². The monoisotopic (exact) mass is 457 g/mol.